The van der Waals surface area contributed by atoms with E-state index in [2.05, 4.69) is 41.5 Å². The molecule has 0 bridgehead atoms. The highest BCUT2D eigenvalue weighted by Crippen LogP contribution is 2.14. The van der Waals surface area contributed by atoms with E-state index >= 15 is 0 Å². The minimum atomic E-state index is 0.559. The summed E-state index contributed by atoms with van der Waals surface area (Å²) in [5.41, 5.74) is 2.63. The van der Waals surface area contributed by atoms with Crippen molar-refractivity contribution in [3.8, 4) is 0 Å². The van der Waals surface area contributed by atoms with Gasteiger partial charge in [-0.15, -0.1) is 0 Å². The van der Waals surface area contributed by atoms with Crippen LogP contribution < -0.4 is 16.6 Å². The van der Waals surface area contributed by atoms with Crippen LogP contribution >= 0.6 is 0 Å². The van der Waals surface area contributed by atoms with E-state index in [1.54, 1.807) is 0 Å². The molecule has 0 radical (unpaired) electrons. The molecular weight excluding hydrogens is 214 g/mol. The number of hydrogen-bond donors (Lipinski definition) is 3. The SMILES string of the molecule is CC(C)CN=C(NN)NCC1CCN(C)CC1. The van der Waals surface area contributed by atoms with Crippen LogP contribution in [0.4, 0.5) is 0 Å². The Kier molecular flexibility index (Phi) is 6.29. The monoisotopic (exact) mass is 241 g/mol. The molecule has 0 aliphatic carbocycles. The first kappa shape index (κ1) is 14.3. The maximum atomic E-state index is 5.45. The number of guanidine groups is 1. The van der Waals surface area contributed by atoms with E-state index < -0.39 is 0 Å². The lowest BCUT2D eigenvalue weighted by Gasteiger charge is -2.29. The quantitative estimate of drug-likeness (QED) is 0.288. The average molecular weight is 241 g/mol. The van der Waals surface area contributed by atoms with Gasteiger partial charge in [0.2, 0.25) is 5.96 Å². The van der Waals surface area contributed by atoms with Gasteiger partial charge in [0.1, 0.15) is 0 Å². The molecule has 4 N–H and O–H groups in total. The van der Waals surface area contributed by atoms with Crippen LogP contribution in [-0.4, -0.2) is 44.1 Å². The third-order valence-corrected chi connectivity index (χ3v) is 3.15. The number of piperidine rings is 1. The van der Waals surface area contributed by atoms with E-state index in [9.17, 15) is 0 Å². The smallest absolute Gasteiger partial charge is 0.205 e. The molecule has 1 heterocycles. The Morgan fingerprint density at radius 3 is 2.59 bits per heavy atom. The number of likely N-dealkylation sites (tertiary alicyclic amines) is 1. The van der Waals surface area contributed by atoms with Gasteiger partial charge in [-0.05, 0) is 44.8 Å². The van der Waals surface area contributed by atoms with Crippen molar-refractivity contribution in [2.75, 3.05) is 33.2 Å². The summed E-state index contributed by atoms with van der Waals surface area (Å²) in [6.07, 6.45) is 2.51. The first-order valence-electron chi connectivity index (χ1n) is 6.55. The van der Waals surface area contributed by atoms with Gasteiger partial charge in [-0.1, -0.05) is 13.8 Å². The highest BCUT2D eigenvalue weighted by atomic mass is 15.3. The Bertz CT molecular complexity index is 231. The summed E-state index contributed by atoms with van der Waals surface area (Å²) in [7, 11) is 2.18. The van der Waals surface area contributed by atoms with Crippen LogP contribution in [0.1, 0.15) is 26.7 Å². The molecule has 1 aliphatic heterocycles. The van der Waals surface area contributed by atoms with Crippen molar-refractivity contribution in [2.24, 2.45) is 22.7 Å². The molecule has 0 unspecified atom stereocenters. The van der Waals surface area contributed by atoms with Gasteiger partial charge in [-0.3, -0.25) is 10.4 Å². The van der Waals surface area contributed by atoms with E-state index in [4.69, 9.17) is 5.84 Å². The van der Waals surface area contributed by atoms with Gasteiger partial charge in [-0.25, -0.2) is 5.84 Å². The second-order valence-electron chi connectivity index (χ2n) is 5.36. The molecule has 0 aromatic carbocycles. The molecule has 0 atom stereocenters. The van der Waals surface area contributed by atoms with Crippen molar-refractivity contribution in [3.05, 3.63) is 0 Å². The van der Waals surface area contributed by atoms with Crippen LogP contribution in [0.5, 0.6) is 0 Å². The Hall–Kier alpha value is -0.810. The van der Waals surface area contributed by atoms with Gasteiger partial charge in [0.05, 0.1) is 0 Å². The topological polar surface area (TPSA) is 65.7 Å². The number of hydrogen-bond acceptors (Lipinski definition) is 3. The highest BCUT2D eigenvalue weighted by Gasteiger charge is 2.16. The van der Waals surface area contributed by atoms with Crippen molar-refractivity contribution in [2.45, 2.75) is 26.7 Å². The number of nitrogens with zero attached hydrogens (tertiary/aromatic N) is 2. The van der Waals surface area contributed by atoms with Crippen molar-refractivity contribution >= 4 is 5.96 Å². The van der Waals surface area contributed by atoms with Gasteiger partial charge in [0.25, 0.3) is 0 Å². The van der Waals surface area contributed by atoms with Gasteiger partial charge in [0.15, 0.2) is 0 Å². The zero-order chi connectivity index (χ0) is 12.7. The zero-order valence-electron chi connectivity index (χ0n) is 11.4. The van der Waals surface area contributed by atoms with Crippen molar-refractivity contribution in [1.82, 2.24) is 15.6 Å². The molecule has 1 rings (SSSR count). The minimum Gasteiger partial charge on any atom is -0.355 e. The number of nitrogens with two attached hydrogens (primary N) is 1. The lowest BCUT2D eigenvalue weighted by molar-refractivity contribution is 0.220. The fourth-order valence-electron chi connectivity index (χ4n) is 1.93. The molecule has 0 aromatic heterocycles. The van der Waals surface area contributed by atoms with Crippen LogP contribution in [0.3, 0.4) is 0 Å². The van der Waals surface area contributed by atoms with E-state index in [0.717, 1.165) is 25.0 Å². The number of hydrazine groups is 1. The number of aliphatic imine (C=N–C) groups is 1. The zero-order valence-corrected chi connectivity index (χ0v) is 11.4. The Morgan fingerprint density at radius 1 is 1.41 bits per heavy atom. The molecular formula is C12H27N5. The lowest BCUT2D eigenvalue weighted by Crippen LogP contribution is -2.45. The summed E-state index contributed by atoms with van der Waals surface area (Å²) in [6, 6.07) is 0. The minimum absolute atomic E-state index is 0.559. The predicted octanol–water partition coefficient (Wildman–Crippen LogP) is 0.393. The Balaban J connectivity index is 2.25. The van der Waals surface area contributed by atoms with E-state index in [1.165, 1.54) is 25.9 Å². The normalized spacial score (nSPS) is 19.7. The number of rotatable bonds is 4. The summed E-state index contributed by atoms with van der Waals surface area (Å²) >= 11 is 0. The van der Waals surface area contributed by atoms with Crippen LogP contribution in [-0.2, 0) is 0 Å². The first-order chi connectivity index (χ1) is 8.11. The molecule has 5 nitrogen and oxygen atoms in total. The van der Waals surface area contributed by atoms with Crippen LogP contribution in [0, 0.1) is 11.8 Å². The van der Waals surface area contributed by atoms with E-state index in [-0.39, 0.29) is 0 Å². The predicted molar refractivity (Wildman–Crippen MR) is 72.7 cm³/mol. The second-order valence-corrected chi connectivity index (χ2v) is 5.36. The van der Waals surface area contributed by atoms with Crippen molar-refractivity contribution in [3.63, 3.8) is 0 Å². The maximum Gasteiger partial charge on any atom is 0.205 e. The fraction of sp³-hybridized carbons (Fsp3) is 0.917. The third kappa shape index (κ3) is 5.89. The molecule has 100 valence electrons. The summed E-state index contributed by atoms with van der Waals surface area (Å²) in [5.74, 6) is 7.46. The standard InChI is InChI=1S/C12H27N5/c1-10(2)8-14-12(16-13)15-9-11-4-6-17(3)7-5-11/h10-11H,4-9,13H2,1-3H3,(H2,14,15,16). The average Bonchev–Trinajstić information content (AvgIpc) is 2.31. The molecule has 0 saturated carbocycles. The molecule has 1 fully saturated rings. The molecule has 5 heteroatoms. The van der Waals surface area contributed by atoms with Gasteiger partial charge in [-0.2, -0.15) is 0 Å². The first-order valence-corrected chi connectivity index (χ1v) is 6.55. The third-order valence-electron chi connectivity index (χ3n) is 3.15. The largest absolute Gasteiger partial charge is 0.355 e. The summed E-state index contributed by atoms with van der Waals surface area (Å²) in [5, 5.41) is 3.30. The van der Waals surface area contributed by atoms with E-state index in [0.29, 0.717) is 5.92 Å². The molecule has 1 aliphatic rings. The Morgan fingerprint density at radius 2 is 2.06 bits per heavy atom. The molecule has 0 spiro atoms. The van der Waals surface area contributed by atoms with E-state index in [1.807, 2.05) is 0 Å². The molecule has 0 aromatic rings. The van der Waals surface area contributed by atoms with Gasteiger partial charge < -0.3 is 10.2 Å². The maximum absolute atomic E-state index is 5.45. The van der Waals surface area contributed by atoms with Gasteiger partial charge >= 0.3 is 0 Å². The number of nitrogens with one attached hydrogen (secondary N) is 2. The molecule has 1 saturated heterocycles. The summed E-state index contributed by atoms with van der Waals surface area (Å²) in [6.45, 7) is 8.46. The summed E-state index contributed by atoms with van der Waals surface area (Å²) in [4.78, 5) is 6.78. The van der Waals surface area contributed by atoms with Crippen LogP contribution in [0.25, 0.3) is 0 Å². The van der Waals surface area contributed by atoms with Gasteiger partial charge in [0, 0.05) is 13.1 Å². The molecule has 17 heavy (non-hydrogen) atoms. The second kappa shape index (κ2) is 7.50. The highest BCUT2D eigenvalue weighted by molar-refractivity contribution is 5.79. The Labute approximate surface area is 105 Å². The van der Waals surface area contributed by atoms with Crippen LogP contribution in [0.2, 0.25) is 0 Å². The molecule has 0 amide bonds. The van der Waals surface area contributed by atoms with Crippen molar-refractivity contribution in [1.29, 1.82) is 0 Å². The fourth-order valence-corrected chi connectivity index (χ4v) is 1.93. The van der Waals surface area contributed by atoms with Crippen molar-refractivity contribution < 1.29 is 0 Å². The lowest BCUT2D eigenvalue weighted by atomic mass is 9.97. The van der Waals surface area contributed by atoms with Crippen LogP contribution in [0.15, 0.2) is 4.99 Å². The summed E-state index contributed by atoms with van der Waals surface area (Å²) < 4.78 is 0.